The zero-order valence-electron chi connectivity index (χ0n) is 6.40. The molecule has 0 nitrogen and oxygen atoms in total. The van der Waals surface area contributed by atoms with Crippen LogP contribution in [0.3, 0.4) is 0 Å². The van der Waals surface area contributed by atoms with E-state index in [1.807, 2.05) is 6.07 Å². The topological polar surface area (TPSA) is 0 Å². The minimum atomic E-state index is 0. The van der Waals surface area contributed by atoms with Gasteiger partial charge in [0, 0.05) is 5.33 Å². The van der Waals surface area contributed by atoms with Gasteiger partial charge in [-0.15, -0.1) is 50.9 Å². The molecule has 0 radical (unpaired) electrons. The molecule has 0 aliphatic carbocycles. The maximum absolute atomic E-state index is 3.39. The predicted molar refractivity (Wildman–Crippen MR) is 74.9 cm³/mol. The highest BCUT2D eigenvalue weighted by molar-refractivity contribution is 9.09. The molecular formula is C8H12Br4. The molecule has 0 saturated carbocycles. The maximum atomic E-state index is 3.39. The minimum Gasteiger partial charge on any atom is -0.114 e. The average Bonchev–Trinajstić information content (AvgIpc) is 1.91. The van der Waals surface area contributed by atoms with E-state index in [4.69, 9.17) is 0 Å². The summed E-state index contributed by atoms with van der Waals surface area (Å²) in [6.07, 6.45) is 1.13. The molecule has 0 fully saturated rings. The summed E-state index contributed by atoms with van der Waals surface area (Å²) in [5.74, 6) is 0. The van der Waals surface area contributed by atoms with E-state index in [2.05, 4.69) is 40.2 Å². The maximum Gasteiger partial charge on any atom is 0.00718 e. The molecule has 0 unspecified atom stereocenters. The van der Waals surface area contributed by atoms with Crippen molar-refractivity contribution in [1.29, 1.82) is 0 Å². The Balaban J connectivity index is -0.000000270. The first-order valence-corrected chi connectivity index (χ1v) is 4.15. The summed E-state index contributed by atoms with van der Waals surface area (Å²) in [5, 5.41) is 1.05. The van der Waals surface area contributed by atoms with Crippen molar-refractivity contribution < 1.29 is 0 Å². The molecule has 0 aromatic heterocycles. The van der Waals surface area contributed by atoms with Crippen LogP contribution in [0.25, 0.3) is 0 Å². The molecule has 1 aromatic carbocycles. The Morgan fingerprint density at radius 3 is 1.83 bits per heavy atom. The number of hydrogen-bond acceptors (Lipinski definition) is 0. The van der Waals surface area contributed by atoms with Crippen molar-refractivity contribution in [2.24, 2.45) is 0 Å². The zero-order chi connectivity index (χ0) is 6.53. The van der Waals surface area contributed by atoms with Crippen LogP contribution < -0.4 is 0 Å². The third-order valence-electron chi connectivity index (χ3n) is 1.23. The smallest absolute Gasteiger partial charge is 0.00718 e. The molecule has 0 spiro atoms. The second-order valence-corrected chi connectivity index (χ2v) is 2.72. The van der Waals surface area contributed by atoms with E-state index in [0.717, 1.165) is 11.8 Å². The monoisotopic (exact) mass is 424 g/mol. The summed E-state index contributed by atoms with van der Waals surface area (Å²) in [5.41, 5.74) is 1.40. The van der Waals surface area contributed by atoms with E-state index in [1.165, 1.54) is 5.56 Å². The van der Waals surface area contributed by atoms with Crippen LogP contribution in [-0.2, 0) is 6.42 Å². The summed E-state index contributed by atoms with van der Waals surface area (Å²) >= 11 is 3.39. The quantitative estimate of drug-likeness (QED) is 0.615. The Morgan fingerprint density at radius 2 is 1.42 bits per heavy atom. The van der Waals surface area contributed by atoms with Crippen LogP contribution in [0.1, 0.15) is 5.56 Å². The zero-order valence-corrected chi connectivity index (χ0v) is 13.1. The van der Waals surface area contributed by atoms with E-state index in [9.17, 15) is 0 Å². The van der Waals surface area contributed by atoms with Gasteiger partial charge in [0.1, 0.15) is 0 Å². The number of benzene rings is 1. The van der Waals surface area contributed by atoms with Gasteiger partial charge >= 0.3 is 0 Å². The molecule has 0 bridgehead atoms. The van der Waals surface area contributed by atoms with Gasteiger partial charge in [0.15, 0.2) is 0 Å². The van der Waals surface area contributed by atoms with Gasteiger partial charge in [-0.25, -0.2) is 0 Å². The number of hydrogen-bond donors (Lipinski definition) is 0. The number of halogens is 4. The van der Waals surface area contributed by atoms with E-state index in [-0.39, 0.29) is 50.9 Å². The molecule has 4 heteroatoms. The van der Waals surface area contributed by atoms with Crippen LogP contribution in [0.2, 0.25) is 0 Å². The molecule has 72 valence electrons. The highest BCUT2D eigenvalue weighted by atomic mass is 79.9. The summed E-state index contributed by atoms with van der Waals surface area (Å²) < 4.78 is 0. The van der Waals surface area contributed by atoms with Gasteiger partial charge in [-0.1, -0.05) is 46.3 Å². The SMILES string of the molecule is Br.Br.Br.BrCCc1ccccc1. The highest BCUT2D eigenvalue weighted by Gasteiger charge is 1.85. The first-order valence-electron chi connectivity index (χ1n) is 3.03. The summed E-state index contributed by atoms with van der Waals surface area (Å²) in [4.78, 5) is 0. The molecule has 0 N–H and O–H groups in total. The van der Waals surface area contributed by atoms with Crippen molar-refractivity contribution in [3.8, 4) is 0 Å². The number of rotatable bonds is 2. The average molecular weight is 428 g/mol. The molecule has 1 aromatic rings. The molecular weight excluding hydrogens is 416 g/mol. The molecule has 0 aliphatic rings. The Labute approximate surface area is 114 Å². The second-order valence-electron chi connectivity index (χ2n) is 1.92. The van der Waals surface area contributed by atoms with Crippen molar-refractivity contribution >= 4 is 66.9 Å². The first-order chi connectivity index (χ1) is 4.43. The number of aryl methyl sites for hydroxylation is 1. The summed E-state index contributed by atoms with van der Waals surface area (Å²) in [7, 11) is 0. The standard InChI is InChI=1S/C8H9Br.3BrH/c9-7-6-8-4-2-1-3-5-8;;;/h1-5H,6-7H2;3*1H. The van der Waals surface area contributed by atoms with Gasteiger partial charge in [0.2, 0.25) is 0 Å². The fourth-order valence-corrected chi connectivity index (χ4v) is 1.21. The molecule has 0 amide bonds. The third kappa shape index (κ3) is 7.77. The van der Waals surface area contributed by atoms with Crippen LogP contribution in [0.15, 0.2) is 30.3 Å². The second kappa shape index (κ2) is 12.1. The molecule has 1 rings (SSSR count). The normalized spacial score (nSPS) is 7.08. The van der Waals surface area contributed by atoms with Gasteiger partial charge in [-0.05, 0) is 12.0 Å². The molecule has 12 heavy (non-hydrogen) atoms. The Morgan fingerprint density at radius 1 is 0.917 bits per heavy atom. The van der Waals surface area contributed by atoms with Crippen LogP contribution in [0.4, 0.5) is 0 Å². The largest absolute Gasteiger partial charge is 0.114 e. The van der Waals surface area contributed by atoms with Crippen molar-refractivity contribution in [2.45, 2.75) is 6.42 Å². The third-order valence-corrected chi connectivity index (χ3v) is 1.62. The van der Waals surface area contributed by atoms with Crippen molar-refractivity contribution in [3.63, 3.8) is 0 Å². The lowest BCUT2D eigenvalue weighted by Crippen LogP contribution is -1.82. The van der Waals surface area contributed by atoms with Gasteiger partial charge in [0.05, 0.1) is 0 Å². The van der Waals surface area contributed by atoms with Crippen LogP contribution in [-0.4, -0.2) is 5.33 Å². The molecule has 0 heterocycles. The Kier molecular flexibility index (Phi) is 19.1. The van der Waals surface area contributed by atoms with Gasteiger partial charge in [-0.3, -0.25) is 0 Å². The summed E-state index contributed by atoms with van der Waals surface area (Å²) in [6.45, 7) is 0. The lowest BCUT2D eigenvalue weighted by atomic mass is 10.2. The van der Waals surface area contributed by atoms with E-state index in [1.54, 1.807) is 0 Å². The first kappa shape index (κ1) is 18.8. The molecule has 0 saturated heterocycles. The van der Waals surface area contributed by atoms with Crippen molar-refractivity contribution in [1.82, 2.24) is 0 Å². The molecule has 0 aliphatic heterocycles. The van der Waals surface area contributed by atoms with Crippen molar-refractivity contribution in [3.05, 3.63) is 35.9 Å². The van der Waals surface area contributed by atoms with Crippen LogP contribution >= 0.6 is 66.9 Å². The van der Waals surface area contributed by atoms with Gasteiger partial charge in [-0.2, -0.15) is 0 Å². The fourth-order valence-electron chi connectivity index (χ4n) is 0.754. The van der Waals surface area contributed by atoms with E-state index < -0.39 is 0 Å². The lowest BCUT2D eigenvalue weighted by molar-refractivity contribution is 1.17. The fraction of sp³-hybridized carbons (Fsp3) is 0.250. The minimum absolute atomic E-state index is 0. The van der Waals surface area contributed by atoms with Crippen molar-refractivity contribution in [2.75, 3.05) is 5.33 Å². The van der Waals surface area contributed by atoms with Gasteiger partial charge in [0.25, 0.3) is 0 Å². The van der Waals surface area contributed by atoms with Gasteiger partial charge < -0.3 is 0 Å². The predicted octanol–water partition coefficient (Wildman–Crippen LogP) is 4.36. The molecule has 0 atom stereocenters. The lowest BCUT2D eigenvalue weighted by Gasteiger charge is -1.92. The van der Waals surface area contributed by atoms with Crippen LogP contribution in [0.5, 0.6) is 0 Å². The Hall–Kier alpha value is 1.14. The number of alkyl halides is 1. The Bertz CT molecular complexity index is 164. The van der Waals surface area contributed by atoms with E-state index in [0.29, 0.717) is 0 Å². The highest BCUT2D eigenvalue weighted by Crippen LogP contribution is 2.00. The van der Waals surface area contributed by atoms with Crippen LogP contribution in [0, 0.1) is 0 Å². The summed E-state index contributed by atoms with van der Waals surface area (Å²) in [6, 6.07) is 10.5. The van der Waals surface area contributed by atoms with E-state index >= 15 is 0 Å².